The minimum absolute atomic E-state index is 0.158. The van der Waals surface area contributed by atoms with Crippen LogP contribution in [0.4, 0.5) is 16.6 Å². The number of rotatable bonds is 6. The predicted octanol–water partition coefficient (Wildman–Crippen LogP) is 5.25. The molecule has 0 aliphatic heterocycles. The number of anilines is 3. The van der Waals surface area contributed by atoms with Gasteiger partial charge < -0.3 is 20.1 Å². The minimum Gasteiger partial charge on any atom is -0.493 e. The van der Waals surface area contributed by atoms with Gasteiger partial charge in [-0.25, -0.2) is 15.0 Å². The second-order valence-corrected chi connectivity index (χ2v) is 8.12. The molecule has 0 saturated heterocycles. The highest BCUT2D eigenvalue weighted by Gasteiger charge is 2.13. The molecule has 9 heteroatoms. The van der Waals surface area contributed by atoms with Crippen molar-refractivity contribution < 1.29 is 14.3 Å². The van der Waals surface area contributed by atoms with Crippen molar-refractivity contribution >= 4 is 55.0 Å². The summed E-state index contributed by atoms with van der Waals surface area (Å²) >= 11 is 1.47. The molecule has 0 spiro atoms. The Morgan fingerprint density at radius 1 is 0.909 bits per heavy atom. The molecule has 0 aliphatic carbocycles. The number of hydrogen-bond acceptors (Lipinski definition) is 8. The van der Waals surface area contributed by atoms with Crippen molar-refractivity contribution in [1.82, 2.24) is 15.0 Å². The van der Waals surface area contributed by atoms with Crippen molar-refractivity contribution in [3.05, 3.63) is 72.6 Å². The maximum Gasteiger partial charge on any atom is 0.255 e. The highest BCUT2D eigenvalue weighted by molar-refractivity contribution is 7.22. The van der Waals surface area contributed by atoms with Crippen LogP contribution in [0.15, 0.2) is 67.0 Å². The van der Waals surface area contributed by atoms with Gasteiger partial charge in [0.2, 0.25) is 0 Å². The number of amides is 1. The van der Waals surface area contributed by atoms with E-state index in [9.17, 15) is 4.79 Å². The van der Waals surface area contributed by atoms with Gasteiger partial charge in [0.05, 0.1) is 30.0 Å². The van der Waals surface area contributed by atoms with Crippen LogP contribution in [0.2, 0.25) is 0 Å². The molecule has 2 heterocycles. The number of methoxy groups -OCH3 is 2. The van der Waals surface area contributed by atoms with E-state index < -0.39 is 0 Å². The lowest BCUT2D eigenvalue weighted by atomic mass is 10.2. The molecule has 2 aromatic heterocycles. The second kappa shape index (κ2) is 8.71. The van der Waals surface area contributed by atoms with Gasteiger partial charge in [0.25, 0.3) is 5.91 Å². The summed E-state index contributed by atoms with van der Waals surface area (Å²) in [6, 6.07) is 18.4. The summed E-state index contributed by atoms with van der Waals surface area (Å²) < 4.78 is 11.7. The Labute approximate surface area is 193 Å². The maximum absolute atomic E-state index is 12.4. The number of carbonyl (C=O) groups excluding carboxylic acids is 1. The van der Waals surface area contributed by atoms with Crippen molar-refractivity contribution in [2.24, 2.45) is 0 Å². The summed E-state index contributed by atoms with van der Waals surface area (Å²) in [5.41, 5.74) is 2.85. The number of benzene rings is 3. The zero-order valence-corrected chi connectivity index (χ0v) is 18.6. The molecule has 5 rings (SSSR count). The predicted molar refractivity (Wildman–Crippen MR) is 130 cm³/mol. The molecule has 5 aromatic rings. The quantitative estimate of drug-likeness (QED) is 0.359. The second-order valence-electron chi connectivity index (χ2n) is 7.09. The molecule has 33 heavy (non-hydrogen) atoms. The van der Waals surface area contributed by atoms with Gasteiger partial charge in [-0.1, -0.05) is 29.5 Å². The third-order valence-corrected chi connectivity index (χ3v) is 5.98. The van der Waals surface area contributed by atoms with E-state index in [4.69, 9.17) is 9.47 Å². The third-order valence-electron chi connectivity index (χ3n) is 5.05. The number of thiazole rings is 1. The van der Waals surface area contributed by atoms with Crippen molar-refractivity contribution in [3.63, 3.8) is 0 Å². The lowest BCUT2D eigenvalue weighted by Crippen LogP contribution is -2.11. The number of carbonyl (C=O) groups is 1. The summed E-state index contributed by atoms with van der Waals surface area (Å²) in [5.74, 6) is 1.64. The normalized spacial score (nSPS) is 10.8. The molecule has 0 bridgehead atoms. The molecular weight excluding hydrogens is 438 g/mol. The smallest absolute Gasteiger partial charge is 0.255 e. The fraction of sp³-hybridized carbons (Fsp3) is 0.0833. The Morgan fingerprint density at radius 3 is 2.48 bits per heavy atom. The Hall–Kier alpha value is -4.24. The fourth-order valence-corrected chi connectivity index (χ4v) is 4.34. The average Bonchev–Trinajstić information content (AvgIpc) is 3.25. The van der Waals surface area contributed by atoms with E-state index in [2.05, 4.69) is 25.6 Å². The molecule has 0 radical (unpaired) electrons. The minimum atomic E-state index is -0.158. The van der Waals surface area contributed by atoms with Crippen molar-refractivity contribution in [2.75, 3.05) is 24.9 Å². The van der Waals surface area contributed by atoms with Crippen LogP contribution in [0.5, 0.6) is 11.5 Å². The maximum atomic E-state index is 12.4. The van der Waals surface area contributed by atoms with E-state index in [1.165, 1.54) is 17.7 Å². The number of fused-ring (bicyclic) bond motifs is 2. The van der Waals surface area contributed by atoms with E-state index >= 15 is 0 Å². The fourth-order valence-electron chi connectivity index (χ4n) is 3.43. The van der Waals surface area contributed by atoms with Crippen LogP contribution in [0.1, 0.15) is 10.4 Å². The first-order valence-electron chi connectivity index (χ1n) is 10.1. The molecule has 0 saturated carbocycles. The molecule has 0 aliphatic rings. The standard InChI is InChI=1S/C24H19N5O3S/c1-31-19-11-16-18(12-20(19)32-2)25-13-26-22(16)29-24-28-17-9-8-15(10-21(17)33-24)27-23(30)14-6-4-3-5-7-14/h3-13H,1-2H3,(H,27,30)(H,25,26,28,29). The van der Waals surface area contributed by atoms with Crippen molar-refractivity contribution in [1.29, 1.82) is 0 Å². The van der Waals surface area contributed by atoms with E-state index in [1.54, 1.807) is 32.4 Å². The number of ether oxygens (including phenoxy) is 2. The number of nitrogens with zero attached hydrogens (tertiary/aromatic N) is 3. The Morgan fingerprint density at radius 2 is 1.70 bits per heavy atom. The molecule has 0 fully saturated rings. The van der Waals surface area contributed by atoms with Crippen LogP contribution in [0, 0.1) is 0 Å². The van der Waals surface area contributed by atoms with E-state index in [-0.39, 0.29) is 5.91 Å². The SMILES string of the molecule is COc1cc2ncnc(Nc3nc4ccc(NC(=O)c5ccccc5)cc4s3)c2cc1OC. The summed E-state index contributed by atoms with van der Waals surface area (Å²) in [4.78, 5) is 25.8. The average molecular weight is 458 g/mol. The van der Waals surface area contributed by atoms with Gasteiger partial charge >= 0.3 is 0 Å². The number of aromatic nitrogens is 3. The number of hydrogen-bond donors (Lipinski definition) is 2. The molecular formula is C24H19N5O3S. The zero-order chi connectivity index (χ0) is 22.8. The lowest BCUT2D eigenvalue weighted by molar-refractivity contribution is 0.102. The molecule has 3 aromatic carbocycles. The Balaban J connectivity index is 1.43. The van der Waals surface area contributed by atoms with Crippen LogP contribution in [-0.2, 0) is 0 Å². The Kier molecular flexibility index (Phi) is 5.45. The monoisotopic (exact) mass is 457 g/mol. The molecule has 8 nitrogen and oxygen atoms in total. The van der Waals surface area contributed by atoms with Gasteiger partial charge in [-0.3, -0.25) is 4.79 Å². The summed E-state index contributed by atoms with van der Waals surface area (Å²) in [6.45, 7) is 0. The van der Waals surface area contributed by atoms with E-state index in [0.29, 0.717) is 33.7 Å². The Bertz CT molecular complexity index is 1470. The first kappa shape index (κ1) is 20.7. The first-order chi connectivity index (χ1) is 16.1. The highest BCUT2D eigenvalue weighted by atomic mass is 32.1. The van der Waals surface area contributed by atoms with Gasteiger partial charge in [-0.15, -0.1) is 0 Å². The van der Waals surface area contributed by atoms with Crippen LogP contribution < -0.4 is 20.1 Å². The summed E-state index contributed by atoms with van der Waals surface area (Å²) in [6.07, 6.45) is 1.49. The highest BCUT2D eigenvalue weighted by Crippen LogP contribution is 2.36. The largest absolute Gasteiger partial charge is 0.493 e. The van der Waals surface area contributed by atoms with E-state index in [0.717, 1.165) is 21.1 Å². The van der Waals surface area contributed by atoms with Gasteiger partial charge in [0.15, 0.2) is 16.6 Å². The van der Waals surface area contributed by atoms with Crippen LogP contribution in [-0.4, -0.2) is 35.1 Å². The van der Waals surface area contributed by atoms with Crippen LogP contribution in [0.3, 0.4) is 0 Å². The molecule has 1 amide bonds. The molecule has 0 unspecified atom stereocenters. The van der Waals surface area contributed by atoms with Crippen molar-refractivity contribution in [3.8, 4) is 11.5 Å². The summed E-state index contributed by atoms with van der Waals surface area (Å²) in [7, 11) is 3.17. The van der Waals surface area contributed by atoms with Gasteiger partial charge in [0, 0.05) is 22.7 Å². The van der Waals surface area contributed by atoms with Gasteiger partial charge in [-0.05, 0) is 36.4 Å². The summed E-state index contributed by atoms with van der Waals surface area (Å²) in [5, 5.41) is 7.67. The van der Waals surface area contributed by atoms with Gasteiger partial charge in [0.1, 0.15) is 12.1 Å². The van der Waals surface area contributed by atoms with E-state index in [1.807, 2.05) is 42.5 Å². The lowest BCUT2D eigenvalue weighted by Gasteiger charge is -2.10. The number of nitrogens with one attached hydrogen (secondary N) is 2. The molecule has 0 atom stereocenters. The van der Waals surface area contributed by atoms with Gasteiger partial charge in [-0.2, -0.15) is 0 Å². The van der Waals surface area contributed by atoms with Crippen molar-refractivity contribution in [2.45, 2.75) is 0 Å². The van der Waals surface area contributed by atoms with Crippen LogP contribution in [0.25, 0.3) is 21.1 Å². The first-order valence-corrected chi connectivity index (χ1v) is 10.9. The molecule has 2 N–H and O–H groups in total. The van der Waals surface area contributed by atoms with Crippen LogP contribution >= 0.6 is 11.3 Å². The molecule has 164 valence electrons. The third kappa shape index (κ3) is 4.13. The topological polar surface area (TPSA) is 98.3 Å². The zero-order valence-electron chi connectivity index (χ0n) is 17.8.